The van der Waals surface area contributed by atoms with Crippen LogP contribution in [0.3, 0.4) is 0 Å². The van der Waals surface area contributed by atoms with Crippen molar-refractivity contribution in [2.45, 2.75) is 26.2 Å². The van der Waals surface area contributed by atoms with Gasteiger partial charge in [0.05, 0.1) is 0 Å². The fraction of sp³-hybridized carbons (Fsp3) is 0.750. The number of carbonyl (C=O) groups excluding carboxylic acids is 1. The third-order valence-corrected chi connectivity index (χ3v) is 4.42. The van der Waals surface area contributed by atoms with E-state index in [0.29, 0.717) is 11.8 Å². The molecule has 1 amide bonds. The van der Waals surface area contributed by atoms with Crippen LogP contribution >= 0.6 is 11.3 Å². The Morgan fingerprint density at radius 2 is 2.06 bits per heavy atom. The van der Waals surface area contributed by atoms with Crippen LogP contribution in [0, 0.1) is 12.8 Å². The van der Waals surface area contributed by atoms with Gasteiger partial charge >= 0.3 is 0 Å². The molecule has 98 valence electrons. The minimum atomic E-state index is 0.334. The molecule has 0 N–H and O–H groups in total. The number of aryl methyl sites for hydroxylation is 1. The van der Waals surface area contributed by atoms with E-state index in [4.69, 9.17) is 0 Å². The molecular formula is C12H18N4OS. The molecule has 3 rings (SSSR count). The minimum absolute atomic E-state index is 0.334. The molecule has 0 unspecified atom stereocenters. The Kier molecular flexibility index (Phi) is 3.20. The molecule has 18 heavy (non-hydrogen) atoms. The molecule has 1 saturated carbocycles. The van der Waals surface area contributed by atoms with Crippen molar-refractivity contribution < 1.29 is 4.79 Å². The van der Waals surface area contributed by atoms with Crippen molar-refractivity contribution in [3.8, 4) is 0 Å². The number of hydrogen-bond donors (Lipinski definition) is 0. The van der Waals surface area contributed by atoms with Gasteiger partial charge in [0, 0.05) is 32.1 Å². The van der Waals surface area contributed by atoms with Crippen LogP contribution in [-0.2, 0) is 4.79 Å². The maximum absolute atomic E-state index is 12.0. The molecule has 1 aliphatic carbocycles. The summed E-state index contributed by atoms with van der Waals surface area (Å²) in [4.78, 5) is 16.3. The Bertz CT molecular complexity index is 443. The van der Waals surface area contributed by atoms with Crippen molar-refractivity contribution in [1.29, 1.82) is 0 Å². The molecular weight excluding hydrogens is 248 g/mol. The first-order valence-corrected chi connectivity index (χ1v) is 7.39. The van der Waals surface area contributed by atoms with E-state index < -0.39 is 0 Å². The molecule has 1 aromatic rings. The van der Waals surface area contributed by atoms with Crippen molar-refractivity contribution in [1.82, 2.24) is 15.1 Å². The predicted molar refractivity (Wildman–Crippen MR) is 70.8 cm³/mol. The van der Waals surface area contributed by atoms with Crippen LogP contribution in [0.25, 0.3) is 0 Å². The lowest BCUT2D eigenvalue weighted by molar-refractivity contribution is -0.132. The highest BCUT2D eigenvalue weighted by atomic mass is 32.1. The second-order valence-electron chi connectivity index (χ2n) is 5.04. The van der Waals surface area contributed by atoms with Gasteiger partial charge in [0.25, 0.3) is 0 Å². The van der Waals surface area contributed by atoms with Crippen molar-refractivity contribution in [2.24, 2.45) is 5.92 Å². The summed E-state index contributed by atoms with van der Waals surface area (Å²) in [7, 11) is 0. The average molecular weight is 266 g/mol. The molecule has 6 heteroatoms. The molecule has 0 atom stereocenters. The first-order valence-electron chi connectivity index (χ1n) is 6.58. The van der Waals surface area contributed by atoms with Crippen LogP contribution < -0.4 is 4.90 Å². The quantitative estimate of drug-likeness (QED) is 0.809. The Morgan fingerprint density at radius 3 is 2.72 bits per heavy atom. The molecule has 1 saturated heterocycles. The number of rotatable bonds is 2. The van der Waals surface area contributed by atoms with Gasteiger partial charge in [-0.05, 0) is 26.2 Å². The number of aromatic nitrogens is 2. The third kappa shape index (κ3) is 2.48. The molecule has 0 radical (unpaired) electrons. The Hall–Kier alpha value is -1.17. The largest absolute Gasteiger partial charge is 0.345 e. The Labute approximate surface area is 111 Å². The highest BCUT2D eigenvalue weighted by Gasteiger charge is 2.34. The zero-order valence-corrected chi connectivity index (χ0v) is 11.4. The van der Waals surface area contributed by atoms with E-state index >= 15 is 0 Å². The van der Waals surface area contributed by atoms with E-state index in [1.165, 1.54) is 0 Å². The highest BCUT2D eigenvalue weighted by Crippen LogP contribution is 2.31. The molecule has 2 fully saturated rings. The molecule has 1 aliphatic heterocycles. The summed E-state index contributed by atoms with van der Waals surface area (Å²) in [6.45, 7) is 5.55. The number of anilines is 1. The highest BCUT2D eigenvalue weighted by molar-refractivity contribution is 7.15. The normalized spacial score (nSPS) is 20.9. The van der Waals surface area contributed by atoms with Gasteiger partial charge in [0.15, 0.2) is 0 Å². The fourth-order valence-electron chi connectivity index (χ4n) is 2.33. The third-order valence-electron chi connectivity index (χ3n) is 3.52. The standard InChI is InChI=1S/C12H18N4OS/c1-9-13-14-12(18-9)16-6-2-5-15(7-8-16)11(17)10-3-4-10/h10H,2-8H2,1H3. The van der Waals surface area contributed by atoms with E-state index in [9.17, 15) is 4.79 Å². The lowest BCUT2D eigenvalue weighted by Gasteiger charge is -2.21. The topological polar surface area (TPSA) is 49.3 Å². The van der Waals surface area contributed by atoms with Crippen LogP contribution in [0.2, 0.25) is 0 Å². The minimum Gasteiger partial charge on any atom is -0.345 e. The van der Waals surface area contributed by atoms with E-state index in [-0.39, 0.29) is 0 Å². The first kappa shape index (κ1) is 11.9. The van der Waals surface area contributed by atoms with Gasteiger partial charge in [0.1, 0.15) is 5.01 Å². The van der Waals surface area contributed by atoms with Crippen LogP contribution in [0.15, 0.2) is 0 Å². The number of carbonyl (C=O) groups is 1. The van der Waals surface area contributed by atoms with E-state index in [2.05, 4.69) is 15.1 Å². The Balaban J connectivity index is 1.62. The molecule has 5 nitrogen and oxygen atoms in total. The lowest BCUT2D eigenvalue weighted by Crippen LogP contribution is -2.36. The van der Waals surface area contributed by atoms with Gasteiger partial charge in [-0.2, -0.15) is 0 Å². The molecule has 1 aromatic heterocycles. The first-order chi connectivity index (χ1) is 8.74. The number of hydrogen-bond acceptors (Lipinski definition) is 5. The van der Waals surface area contributed by atoms with Crippen LogP contribution in [0.4, 0.5) is 5.13 Å². The summed E-state index contributed by atoms with van der Waals surface area (Å²) < 4.78 is 0. The summed E-state index contributed by atoms with van der Waals surface area (Å²) in [6.07, 6.45) is 3.21. The van der Waals surface area contributed by atoms with Gasteiger partial charge in [-0.1, -0.05) is 11.3 Å². The number of amides is 1. The second kappa shape index (κ2) is 4.84. The summed E-state index contributed by atoms with van der Waals surface area (Å²) in [6, 6.07) is 0. The van der Waals surface area contributed by atoms with Gasteiger partial charge < -0.3 is 9.80 Å². The van der Waals surface area contributed by atoms with E-state index in [0.717, 1.165) is 55.6 Å². The van der Waals surface area contributed by atoms with Crippen molar-refractivity contribution in [3.63, 3.8) is 0 Å². The van der Waals surface area contributed by atoms with Gasteiger partial charge in [0.2, 0.25) is 11.0 Å². The molecule has 0 aromatic carbocycles. The van der Waals surface area contributed by atoms with E-state index in [1.807, 2.05) is 11.8 Å². The average Bonchev–Trinajstić information content (AvgIpc) is 3.16. The zero-order valence-electron chi connectivity index (χ0n) is 10.6. The molecule has 2 aliphatic rings. The zero-order chi connectivity index (χ0) is 12.5. The van der Waals surface area contributed by atoms with Crippen molar-refractivity contribution >= 4 is 22.4 Å². The summed E-state index contributed by atoms with van der Waals surface area (Å²) >= 11 is 1.63. The summed E-state index contributed by atoms with van der Waals surface area (Å²) in [5.74, 6) is 0.700. The van der Waals surface area contributed by atoms with Crippen molar-refractivity contribution in [3.05, 3.63) is 5.01 Å². The SMILES string of the molecule is Cc1nnc(N2CCCN(C(=O)C3CC3)CC2)s1. The maximum Gasteiger partial charge on any atom is 0.225 e. The second-order valence-corrected chi connectivity index (χ2v) is 6.20. The van der Waals surface area contributed by atoms with Gasteiger partial charge in [-0.25, -0.2) is 0 Å². The van der Waals surface area contributed by atoms with Crippen LogP contribution in [0.5, 0.6) is 0 Å². The molecule has 2 heterocycles. The summed E-state index contributed by atoms with van der Waals surface area (Å²) in [5.41, 5.74) is 0. The lowest BCUT2D eigenvalue weighted by atomic mass is 10.3. The van der Waals surface area contributed by atoms with Gasteiger partial charge in [-0.3, -0.25) is 4.79 Å². The summed E-state index contributed by atoms with van der Waals surface area (Å²) in [5, 5.41) is 10.2. The van der Waals surface area contributed by atoms with Gasteiger partial charge in [-0.15, -0.1) is 10.2 Å². The smallest absolute Gasteiger partial charge is 0.225 e. The molecule has 0 bridgehead atoms. The van der Waals surface area contributed by atoms with Crippen molar-refractivity contribution in [2.75, 3.05) is 31.1 Å². The van der Waals surface area contributed by atoms with Crippen LogP contribution in [-0.4, -0.2) is 47.2 Å². The predicted octanol–water partition coefficient (Wildman–Crippen LogP) is 1.30. The van der Waals surface area contributed by atoms with E-state index in [1.54, 1.807) is 11.3 Å². The molecule has 0 spiro atoms. The maximum atomic E-state index is 12.0. The number of nitrogens with zero attached hydrogens (tertiary/aromatic N) is 4. The monoisotopic (exact) mass is 266 g/mol. The fourth-order valence-corrected chi connectivity index (χ4v) is 3.07. The Morgan fingerprint density at radius 1 is 1.22 bits per heavy atom. The van der Waals surface area contributed by atoms with Crippen LogP contribution in [0.1, 0.15) is 24.3 Å².